The molecule has 1 heterocycles. The summed E-state index contributed by atoms with van der Waals surface area (Å²) in [7, 11) is 0. The Hall–Kier alpha value is -2.14. The third kappa shape index (κ3) is 3.22. The van der Waals surface area contributed by atoms with E-state index in [-0.39, 0.29) is 36.8 Å². The lowest BCUT2D eigenvalue weighted by Gasteiger charge is -2.20. The van der Waals surface area contributed by atoms with Crippen LogP contribution >= 0.6 is 0 Å². The standard InChI is InChI=1S/C19H23NO4/c1-12-7-8-13(2)17(9-12)24-11-14(21)10-20-18(22)15-5-3-4-6-16(15)19(20)23/h3-4,7-9,14-16,21H,5-6,10-11H2,1-2H3/t14-,15-,16-/m1/s1. The lowest BCUT2D eigenvalue weighted by atomic mass is 9.85. The van der Waals surface area contributed by atoms with Gasteiger partial charge in [-0.2, -0.15) is 0 Å². The molecule has 0 bridgehead atoms. The van der Waals surface area contributed by atoms with Gasteiger partial charge in [-0.25, -0.2) is 0 Å². The number of benzene rings is 1. The number of allylic oxidation sites excluding steroid dienone is 2. The van der Waals surface area contributed by atoms with Crippen LogP contribution in [0.3, 0.4) is 0 Å². The van der Waals surface area contributed by atoms with Crippen molar-refractivity contribution in [3.63, 3.8) is 0 Å². The highest BCUT2D eigenvalue weighted by Crippen LogP contribution is 2.35. The van der Waals surface area contributed by atoms with Crippen molar-refractivity contribution in [2.45, 2.75) is 32.8 Å². The van der Waals surface area contributed by atoms with Crippen LogP contribution in [0.1, 0.15) is 24.0 Å². The Balaban J connectivity index is 1.59. The Bertz CT molecular complexity index is 656. The van der Waals surface area contributed by atoms with E-state index < -0.39 is 6.10 Å². The SMILES string of the molecule is Cc1ccc(C)c(OC[C@H](O)CN2C(=O)[C@@H]3CC=CC[C@H]3C2=O)c1. The molecule has 2 aliphatic rings. The summed E-state index contributed by atoms with van der Waals surface area (Å²) in [5, 5.41) is 10.2. The largest absolute Gasteiger partial charge is 0.491 e. The van der Waals surface area contributed by atoms with Gasteiger partial charge in [0, 0.05) is 0 Å². The van der Waals surface area contributed by atoms with Crippen LogP contribution in [0.4, 0.5) is 0 Å². The fourth-order valence-electron chi connectivity index (χ4n) is 3.36. The van der Waals surface area contributed by atoms with E-state index in [4.69, 9.17) is 4.74 Å². The van der Waals surface area contributed by atoms with Crippen LogP contribution < -0.4 is 4.74 Å². The molecule has 3 rings (SSSR count). The van der Waals surface area contributed by atoms with Crippen molar-refractivity contribution in [3.8, 4) is 5.75 Å². The highest BCUT2D eigenvalue weighted by atomic mass is 16.5. The van der Waals surface area contributed by atoms with Gasteiger partial charge in [0.2, 0.25) is 11.8 Å². The molecule has 1 aromatic carbocycles. The molecule has 1 aliphatic carbocycles. The van der Waals surface area contributed by atoms with Crippen molar-refractivity contribution in [2.75, 3.05) is 13.2 Å². The van der Waals surface area contributed by atoms with E-state index in [1.807, 2.05) is 44.2 Å². The van der Waals surface area contributed by atoms with Gasteiger partial charge in [-0.1, -0.05) is 24.3 Å². The Kier molecular flexibility index (Phi) is 4.71. The van der Waals surface area contributed by atoms with Gasteiger partial charge in [-0.05, 0) is 43.9 Å². The van der Waals surface area contributed by atoms with Crippen molar-refractivity contribution in [2.24, 2.45) is 11.8 Å². The van der Waals surface area contributed by atoms with Crippen LogP contribution in [0.25, 0.3) is 0 Å². The molecule has 1 saturated heterocycles. The van der Waals surface area contributed by atoms with Crippen LogP contribution in [0.15, 0.2) is 30.4 Å². The van der Waals surface area contributed by atoms with Gasteiger partial charge in [0.05, 0.1) is 18.4 Å². The molecule has 1 aromatic rings. The van der Waals surface area contributed by atoms with Gasteiger partial charge in [-0.15, -0.1) is 0 Å². The van der Waals surface area contributed by atoms with E-state index in [0.29, 0.717) is 18.6 Å². The number of β-amino-alcohol motifs (C(OH)–C–C–N with tert-alkyl or cyclic N) is 1. The smallest absolute Gasteiger partial charge is 0.233 e. The number of hydrogen-bond acceptors (Lipinski definition) is 4. The first-order valence-corrected chi connectivity index (χ1v) is 8.35. The number of rotatable bonds is 5. The lowest BCUT2D eigenvalue weighted by molar-refractivity contribution is -0.141. The molecule has 1 fully saturated rings. The first-order valence-electron chi connectivity index (χ1n) is 8.35. The molecule has 0 aromatic heterocycles. The van der Waals surface area contributed by atoms with Crippen LogP contribution in [-0.4, -0.2) is 41.1 Å². The summed E-state index contributed by atoms with van der Waals surface area (Å²) in [4.78, 5) is 26.0. The number of nitrogens with zero attached hydrogens (tertiary/aromatic N) is 1. The topological polar surface area (TPSA) is 66.8 Å². The van der Waals surface area contributed by atoms with E-state index in [0.717, 1.165) is 11.1 Å². The second-order valence-corrected chi connectivity index (χ2v) is 6.68. The fraction of sp³-hybridized carbons (Fsp3) is 0.474. The van der Waals surface area contributed by atoms with Gasteiger partial charge in [-0.3, -0.25) is 14.5 Å². The number of hydrogen-bond donors (Lipinski definition) is 1. The van der Waals surface area contributed by atoms with Crippen molar-refractivity contribution >= 4 is 11.8 Å². The van der Waals surface area contributed by atoms with Crippen molar-refractivity contribution in [1.82, 2.24) is 4.90 Å². The van der Waals surface area contributed by atoms with E-state index in [2.05, 4.69) is 0 Å². The minimum absolute atomic E-state index is 0.00443. The summed E-state index contributed by atoms with van der Waals surface area (Å²) in [6.45, 7) is 3.96. The Morgan fingerprint density at radius 2 is 1.79 bits per heavy atom. The molecular formula is C19H23NO4. The number of aryl methyl sites for hydroxylation is 2. The Morgan fingerprint density at radius 3 is 2.42 bits per heavy atom. The average Bonchev–Trinajstić information content (AvgIpc) is 2.81. The molecule has 5 heteroatoms. The zero-order valence-electron chi connectivity index (χ0n) is 14.1. The molecule has 128 valence electrons. The highest BCUT2D eigenvalue weighted by molar-refractivity contribution is 6.05. The molecule has 0 saturated carbocycles. The molecule has 1 aliphatic heterocycles. The second kappa shape index (κ2) is 6.77. The molecule has 0 radical (unpaired) electrons. The summed E-state index contributed by atoms with van der Waals surface area (Å²) >= 11 is 0. The van der Waals surface area contributed by atoms with Crippen LogP contribution in [0.2, 0.25) is 0 Å². The second-order valence-electron chi connectivity index (χ2n) is 6.68. The number of imide groups is 1. The highest BCUT2D eigenvalue weighted by Gasteiger charge is 2.47. The summed E-state index contributed by atoms with van der Waals surface area (Å²) in [6, 6.07) is 5.87. The van der Waals surface area contributed by atoms with E-state index >= 15 is 0 Å². The van der Waals surface area contributed by atoms with E-state index in [1.54, 1.807) is 0 Å². The first-order chi connectivity index (χ1) is 11.5. The van der Waals surface area contributed by atoms with Gasteiger partial charge in [0.1, 0.15) is 18.5 Å². The fourth-order valence-corrected chi connectivity index (χ4v) is 3.36. The number of likely N-dealkylation sites (tertiary alicyclic amines) is 1. The quantitative estimate of drug-likeness (QED) is 0.663. The summed E-state index contributed by atoms with van der Waals surface area (Å²) in [5.41, 5.74) is 2.06. The first kappa shape index (κ1) is 16.7. The predicted molar refractivity (Wildman–Crippen MR) is 89.5 cm³/mol. The minimum Gasteiger partial charge on any atom is -0.491 e. The van der Waals surface area contributed by atoms with Crippen molar-refractivity contribution in [3.05, 3.63) is 41.5 Å². The lowest BCUT2D eigenvalue weighted by Crippen LogP contribution is -2.40. The molecule has 0 spiro atoms. The zero-order valence-corrected chi connectivity index (χ0v) is 14.1. The third-order valence-corrected chi connectivity index (χ3v) is 4.77. The summed E-state index contributed by atoms with van der Waals surface area (Å²) in [5.74, 6) is -0.129. The normalized spacial score (nSPS) is 24.2. The van der Waals surface area contributed by atoms with Crippen LogP contribution in [0, 0.1) is 25.7 Å². The van der Waals surface area contributed by atoms with Gasteiger partial charge < -0.3 is 9.84 Å². The van der Waals surface area contributed by atoms with Gasteiger partial charge in [0.15, 0.2) is 0 Å². The Morgan fingerprint density at radius 1 is 1.17 bits per heavy atom. The molecule has 1 N–H and O–H groups in total. The maximum Gasteiger partial charge on any atom is 0.233 e. The molecule has 5 nitrogen and oxygen atoms in total. The maximum absolute atomic E-state index is 12.4. The van der Waals surface area contributed by atoms with Gasteiger partial charge in [0.25, 0.3) is 0 Å². The molecule has 24 heavy (non-hydrogen) atoms. The summed E-state index contributed by atoms with van der Waals surface area (Å²) in [6.07, 6.45) is 4.24. The van der Waals surface area contributed by atoms with Crippen molar-refractivity contribution in [1.29, 1.82) is 0 Å². The number of carbonyl (C=O) groups is 2. The van der Waals surface area contributed by atoms with Crippen molar-refractivity contribution < 1.29 is 19.4 Å². The minimum atomic E-state index is -0.897. The number of ether oxygens (including phenoxy) is 1. The molecule has 2 amide bonds. The Labute approximate surface area is 141 Å². The number of carbonyl (C=O) groups excluding carboxylic acids is 2. The molecular weight excluding hydrogens is 306 g/mol. The number of aliphatic hydroxyl groups excluding tert-OH is 1. The average molecular weight is 329 g/mol. The van der Waals surface area contributed by atoms with E-state index in [1.165, 1.54) is 4.90 Å². The van der Waals surface area contributed by atoms with Crippen LogP contribution in [0.5, 0.6) is 5.75 Å². The zero-order chi connectivity index (χ0) is 17.3. The molecule has 3 atom stereocenters. The summed E-state index contributed by atoms with van der Waals surface area (Å²) < 4.78 is 5.67. The maximum atomic E-state index is 12.4. The van der Waals surface area contributed by atoms with Crippen LogP contribution in [-0.2, 0) is 9.59 Å². The van der Waals surface area contributed by atoms with E-state index in [9.17, 15) is 14.7 Å². The number of amides is 2. The predicted octanol–water partition coefficient (Wildman–Crippen LogP) is 1.99. The molecule has 0 unspecified atom stereocenters. The van der Waals surface area contributed by atoms with Gasteiger partial charge >= 0.3 is 0 Å². The third-order valence-electron chi connectivity index (χ3n) is 4.77. The number of aliphatic hydroxyl groups is 1. The monoisotopic (exact) mass is 329 g/mol. The number of fused-ring (bicyclic) bond motifs is 1.